The minimum absolute atomic E-state index is 0.122. The molecule has 2 aliphatic rings. The average molecular weight is 538 g/mol. The Hall–Kier alpha value is -2.98. The normalized spacial score (nSPS) is 21.9. The number of benzene rings is 2. The highest BCUT2D eigenvalue weighted by atomic mass is 32.1. The number of ether oxygens (including phenoxy) is 1. The lowest BCUT2D eigenvalue weighted by Gasteiger charge is -2.46. The fourth-order valence-electron chi connectivity index (χ4n) is 5.20. The second-order valence-corrected chi connectivity index (χ2v) is 11.0. The second kappa shape index (κ2) is 10.8. The number of amides is 1. The van der Waals surface area contributed by atoms with Gasteiger partial charge in [-0.25, -0.2) is 9.78 Å². The Morgan fingerprint density at radius 2 is 2.08 bits per heavy atom. The van der Waals surface area contributed by atoms with Crippen LogP contribution >= 0.6 is 20.3 Å². The number of aliphatic hydroxyl groups is 1. The SMILES string of the molecule is BNPOC(=O)C1=C(COc2cccc3c(NCc4nccs4)cccc23)[C@H](C)[C@@H]2[C@@H]([C@@H](C)O)C(=O)N12. The lowest BCUT2D eigenvalue weighted by atomic mass is 9.78. The minimum atomic E-state index is -0.804. The highest BCUT2D eigenvalue weighted by Crippen LogP contribution is 2.48. The number of anilines is 1. The number of β-lactam (4-membered cyclic amide) rings is 1. The van der Waals surface area contributed by atoms with Crippen LogP contribution in [0.1, 0.15) is 18.9 Å². The molecular formula is C25H28BN4O5PS. The Labute approximate surface area is 221 Å². The molecule has 0 aliphatic carbocycles. The Morgan fingerprint density at radius 1 is 1.30 bits per heavy atom. The highest BCUT2D eigenvalue weighted by molar-refractivity contribution is 7.32. The van der Waals surface area contributed by atoms with Crippen LogP contribution in [-0.4, -0.2) is 53.6 Å². The molecule has 0 bridgehead atoms. The molecule has 37 heavy (non-hydrogen) atoms. The van der Waals surface area contributed by atoms with Gasteiger partial charge in [0.2, 0.25) is 5.91 Å². The van der Waals surface area contributed by atoms with Crippen LogP contribution in [0.4, 0.5) is 5.69 Å². The van der Waals surface area contributed by atoms with Gasteiger partial charge in [-0.05, 0) is 19.1 Å². The van der Waals surface area contributed by atoms with Gasteiger partial charge in [-0.1, -0.05) is 31.2 Å². The first kappa shape index (κ1) is 25.7. The maximum absolute atomic E-state index is 13.0. The summed E-state index contributed by atoms with van der Waals surface area (Å²) in [5, 5.41) is 18.5. The Morgan fingerprint density at radius 3 is 2.81 bits per heavy atom. The predicted octanol–water partition coefficient (Wildman–Crippen LogP) is 2.59. The summed E-state index contributed by atoms with van der Waals surface area (Å²) in [6.07, 6.45) is 0.986. The molecule has 9 nitrogen and oxygen atoms in total. The smallest absolute Gasteiger partial charge is 0.358 e. The molecule has 1 fully saturated rings. The van der Waals surface area contributed by atoms with E-state index in [2.05, 4.69) is 15.3 Å². The molecule has 1 aromatic heterocycles. The molecule has 1 saturated heterocycles. The molecule has 192 valence electrons. The van der Waals surface area contributed by atoms with Crippen molar-refractivity contribution in [3.8, 4) is 5.75 Å². The second-order valence-electron chi connectivity index (χ2n) is 9.09. The molecule has 0 radical (unpaired) electrons. The van der Waals surface area contributed by atoms with Crippen molar-refractivity contribution in [1.82, 2.24) is 14.9 Å². The summed E-state index contributed by atoms with van der Waals surface area (Å²) >= 11 is 1.60. The highest BCUT2D eigenvalue weighted by Gasteiger charge is 2.60. The molecule has 2 aliphatic heterocycles. The van der Waals surface area contributed by atoms with E-state index in [1.54, 1.807) is 32.4 Å². The van der Waals surface area contributed by atoms with Crippen LogP contribution in [-0.2, 0) is 20.7 Å². The number of thiazole rings is 1. The zero-order chi connectivity index (χ0) is 26.1. The molecule has 5 atom stereocenters. The Kier molecular flexibility index (Phi) is 7.49. The number of carbonyl (C=O) groups is 2. The predicted molar refractivity (Wildman–Crippen MR) is 147 cm³/mol. The average Bonchev–Trinajstić information content (AvgIpc) is 3.49. The first-order valence-electron chi connectivity index (χ1n) is 12.1. The summed E-state index contributed by atoms with van der Waals surface area (Å²) in [6.45, 7) is 4.32. The number of fused-ring (bicyclic) bond motifs is 2. The number of aromatic nitrogens is 1. The molecule has 1 amide bonds. The fraction of sp³-hybridized carbons (Fsp3) is 0.320. The van der Waals surface area contributed by atoms with Crippen LogP contribution in [0.3, 0.4) is 0 Å². The molecule has 3 N–H and O–H groups in total. The zero-order valence-electron chi connectivity index (χ0n) is 20.7. The van der Waals surface area contributed by atoms with E-state index in [1.165, 1.54) is 4.90 Å². The van der Waals surface area contributed by atoms with Crippen molar-refractivity contribution in [3.63, 3.8) is 0 Å². The van der Waals surface area contributed by atoms with E-state index in [9.17, 15) is 14.7 Å². The van der Waals surface area contributed by atoms with Gasteiger partial charge in [0.1, 0.15) is 32.0 Å². The summed E-state index contributed by atoms with van der Waals surface area (Å²) in [5.74, 6) is -0.866. The summed E-state index contributed by atoms with van der Waals surface area (Å²) in [4.78, 5) is 34.4. The van der Waals surface area contributed by atoms with Crippen LogP contribution < -0.4 is 15.1 Å². The van der Waals surface area contributed by atoms with Gasteiger partial charge >= 0.3 is 5.97 Å². The third-order valence-electron chi connectivity index (χ3n) is 6.93. The van der Waals surface area contributed by atoms with E-state index in [4.69, 9.17) is 9.26 Å². The van der Waals surface area contributed by atoms with Gasteiger partial charge in [-0.2, -0.15) is 0 Å². The van der Waals surface area contributed by atoms with Crippen molar-refractivity contribution in [1.29, 1.82) is 0 Å². The standard InChI is InChI=1S/C25H28BN4O5PS/c1-13-17(23(25(33)35-36-29-26)30-22(13)21(14(2)31)24(30)32)12-34-19-8-4-5-15-16(19)6-3-7-18(15)28-11-20-27-9-10-37-20/h3-10,13-14,21-22,28-29,31,36H,11-12,26H2,1-2H3/t13-,14+,21+,22+/m0/s1. The lowest BCUT2D eigenvalue weighted by Crippen LogP contribution is -2.63. The number of nitrogens with zero attached hydrogens (tertiary/aromatic N) is 2. The van der Waals surface area contributed by atoms with E-state index in [0.717, 1.165) is 21.5 Å². The number of aliphatic hydroxyl groups excluding tert-OH is 1. The Balaban J connectivity index is 1.41. The minimum Gasteiger partial charge on any atom is -0.488 e. The van der Waals surface area contributed by atoms with E-state index < -0.39 is 18.0 Å². The molecule has 12 heteroatoms. The number of nitrogens with one attached hydrogen (secondary N) is 2. The van der Waals surface area contributed by atoms with Gasteiger partial charge < -0.3 is 29.6 Å². The summed E-state index contributed by atoms with van der Waals surface area (Å²) in [7, 11) is 1.45. The van der Waals surface area contributed by atoms with Crippen LogP contribution in [0.15, 0.2) is 59.2 Å². The maximum atomic E-state index is 13.0. The molecule has 1 unspecified atom stereocenters. The topological polar surface area (TPSA) is 113 Å². The van der Waals surface area contributed by atoms with E-state index in [-0.39, 0.29) is 39.1 Å². The molecular weight excluding hydrogens is 510 g/mol. The van der Waals surface area contributed by atoms with Crippen molar-refractivity contribution >= 4 is 56.6 Å². The number of rotatable bonds is 10. The number of hydrogen-bond donors (Lipinski definition) is 3. The zero-order valence-corrected chi connectivity index (χ0v) is 22.5. The number of hydrogen-bond acceptors (Lipinski definition) is 9. The van der Waals surface area contributed by atoms with Crippen molar-refractivity contribution in [3.05, 3.63) is 64.3 Å². The molecule has 0 saturated carbocycles. The molecule has 3 aromatic rings. The van der Waals surface area contributed by atoms with Crippen molar-refractivity contribution < 1.29 is 24.0 Å². The lowest BCUT2D eigenvalue weighted by molar-refractivity contribution is -0.162. The van der Waals surface area contributed by atoms with E-state index in [1.807, 2.05) is 48.7 Å². The van der Waals surface area contributed by atoms with Gasteiger partial charge in [0, 0.05) is 39.5 Å². The van der Waals surface area contributed by atoms with E-state index >= 15 is 0 Å². The van der Waals surface area contributed by atoms with E-state index in [0.29, 0.717) is 17.9 Å². The third kappa shape index (κ3) is 4.72. The number of carbonyl (C=O) groups excluding carboxylic acids is 2. The molecule has 2 aromatic carbocycles. The van der Waals surface area contributed by atoms with Crippen molar-refractivity contribution in [2.75, 3.05) is 11.9 Å². The van der Waals surface area contributed by atoms with Gasteiger partial charge in [-0.3, -0.25) is 4.79 Å². The van der Waals surface area contributed by atoms with Crippen LogP contribution in [0.2, 0.25) is 0 Å². The van der Waals surface area contributed by atoms with Gasteiger partial charge in [0.25, 0.3) is 0 Å². The largest absolute Gasteiger partial charge is 0.488 e. The summed E-state index contributed by atoms with van der Waals surface area (Å²) in [5.41, 5.74) is 1.90. The monoisotopic (exact) mass is 538 g/mol. The van der Waals surface area contributed by atoms with Gasteiger partial charge in [0.15, 0.2) is 7.98 Å². The first-order valence-corrected chi connectivity index (χ1v) is 13.8. The van der Waals surface area contributed by atoms with Crippen LogP contribution in [0.5, 0.6) is 5.75 Å². The van der Waals surface area contributed by atoms with Crippen LogP contribution in [0, 0.1) is 11.8 Å². The molecule has 5 rings (SSSR count). The summed E-state index contributed by atoms with van der Waals surface area (Å²) < 4.78 is 11.6. The summed E-state index contributed by atoms with van der Waals surface area (Å²) in [6, 6.07) is 11.5. The van der Waals surface area contributed by atoms with Crippen LogP contribution in [0.25, 0.3) is 10.8 Å². The van der Waals surface area contributed by atoms with Gasteiger partial charge in [0.05, 0.1) is 24.6 Å². The van der Waals surface area contributed by atoms with Crippen molar-refractivity contribution in [2.45, 2.75) is 32.5 Å². The molecule has 0 spiro atoms. The third-order valence-corrected chi connectivity index (χ3v) is 8.20. The fourth-order valence-corrected chi connectivity index (χ4v) is 6.04. The van der Waals surface area contributed by atoms with Gasteiger partial charge in [-0.15, -0.1) is 11.3 Å². The van der Waals surface area contributed by atoms with Crippen molar-refractivity contribution in [2.24, 2.45) is 11.8 Å². The Bertz CT molecular complexity index is 1350. The first-order chi connectivity index (χ1) is 17.9. The quantitative estimate of drug-likeness (QED) is 0.205. The maximum Gasteiger partial charge on any atom is 0.358 e. The molecule has 3 heterocycles.